The minimum absolute atomic E-state index is 0.0605. The number of nitrogens with zero attached hydrogens (tertiary/aromatic N) is 1. The minimum Gasteiger partial charge on any atom is -0.496 e. The Hall–Kier alpha value is -1.06. The fraction of sp³-hybridized carbons (Fsp3) is 0.214. The summed E-state index contributed by atoms with van der Waals surface area (Å²) in [6.45, 7) is 0. The van der Waals surface area contributed by atoms with E-state index >= 15 is 0 Å². The molecule has 0 N–H and O–H groups in total. The molecule has 1 atom stereocenters. The van der Waals surface area contributed by atoms with E-state index in [9.17, 15) is 0 Å². The van der Waals surface area contributed by atoms with Gasteiger partial charge in [-0.25, -0.2) is 0 Å². The molecule has 0 aliphatic carbocycles. The molecule has 0 radical (unpaired) electrons. The van der Waals surface area contributed by atoms with Crippen LogP contribution in [0.25, 0.3) is 0 Å². The smallest absolute Gasteiger partial charge is 0.133 e. The van der Waals surface area contributed by atoms with Crippen LogP contribution < -0.4 is 4.74 Å². The molecule has 2 nitrogen and oxygen atoms in total. The van der Waals surface area contributed by atoms with Crippen LogP contribution in [0, 0.1) is 0 Å². The number of ether oxygens (including phenoxy) is 1. The molecule has 0 aliphatic heterocycles. The Morgan fingerprint density at radius 2 is 2.00 bits per heavy atom. The highest BCUT2D eigenvalue weighted by Crippen LogP contribution is 2.31. The highest BCUT2D eigenvalue weighted by molar-refractivity contribution is 9.10. The largest absolute Gasteiger partial charge is 0.496 e. The number of hydrogen-bond donors (Lipinski definition) is 0. The van der Waals surface area contributed by atoms with Crippen molar-refractivity contribution in [2.24, 2.45) is 0 Å². The molecular weight excluding hydrogens is 314 g/mol. The van der Waals surface area contributed by atoms with E-state index in [4.69, 9.17) is 16.3 Å². The van der Waals surface area contributed by atoms with E-state index in [1.807, 2.05) is 30.3 Å². The quantitative estimate of drug-likeness (QED) is 0.778. The number of methoxy groups -OCH3 is 1. The van der Waals surface area contributed by atoms with Gasteiger partial charge in [0.2, 0.25) is 0 Å². The highest BCUT2D eigenvalue weighted by Gasteiger charge is 2.11. The Morgan fingerprint density at radius 3 is 2.61 bits per heavy atom. The molecule has 0 fully saturated rings. The zero-order valence-corrected chi connectivity index (χ0v) is 12.3. The Morgan fingerprint density at radius 1 is 1.28 bits per heavy atom. The molecule has 0 amide bonds. The topological polar surface area (TPSA) is 22.1 Å². The fourth-order valence-electron chi connectivity index (χ4n) is 1.72. The Labute approximate surface area is 120 Å². The molecule has 0 saturated carbocycles. The van der Waals surface area contributed by atoms with E-state index in [1.165, 1.54) is 5.56 Å². The molecule has 1 heterocycles. The molecule has 1 aromatic carbocycles. The van der Waals surface area contributed by atoms with Crippen LogP contribution in [0.15, 0.2) is 47.2 Å². The van der Waals surface area contributed by atoms with Gasteiger partial charge in [0.05, 0.1) is 17.0 Å². The van der Waals surface area contributed by atoms with Crippen molar-refractivity contribution in [2.45, 2.75) is 11.8 Å². The van der Waals surface area contributed by atoms with E-state index in [2.05, 4.69) is 20.9 Å². The summed E-state index contributed by atoms with van der Waals surface area (Å²) < 4.78 is 6.12. The molecule has 4 heteroatoms. The van der Waals surface area contributed by atoms with Crippen molar-refractivity contribution in [3.63, 3.8) is 0 Å². The monoisotopic (exact) mass is 325 g/mol. The zero-order valence-electron chi connectivity index (χ0n) is 9.94. The summed E-state index contributed by atoms with van der Waals surface area (Å²) in [7, 11) is 1.65. The van der Waals surface area contributed by atoms with Crippen molar-refractivity contribution < 1.29 is 4.74 Å². The summed E-state index contributed by atoms with van der Waals surface area (Å²) in [4.78, 5) is 4.00. The van der Waals surface area contributed by atoms with Gasteiger partial charge in [-0.1, -0.05) is 6.07 Å². The zero-order chi connectivity index (χ0) is 13.0. The second-order valence-corrected chi connectivity index (χ2v) is 5.30. The fourth-order valence-corrected chi connectivity index (χ4v) is 2.59. The van der Waals surface area contributed by atoms with Crippen molar-refractivity contribution >= 4 is 27.5 Å². The highest BCUT2D eigenvalue weighted by atomic mass is 79.9. The van der Waals surface area contributed by atoms with E-state index < -0.39 is 0 Å². The van der Waals surface area contributed by atoms with Crippen LogP contribution in [0.1, 0.15) is 16.5 Å². The second kappa shape index (κ2) is 6.21. The number of halogens is 2. The number of pyridine rings is 1. The maximum absolute atomic E-state index is 6.43. The molecule has 0 saturated heterocycles. The van der Waals surface area contributed by atoms with Crippen LogP contribution >= 0.6 is 27.5 Å². The Kier molecular flexibility index (Phi) is 4.61. The summed E-state index contributed by atoms with van der Waals surface area (Å²) in [6.07, 6.45) is 4.34. The maximum Gasteiger partial charge on any atom is 0.133 e. The van der Waals surface area contributed by atoms with Gasteiger partial charge in [0.25, 0.3) is 0 Å². The van der Waals surface area contributed by atoms with Crippen molar-refractivity contribution in [2.75, 3.05) is 7.11 Å². The predicted octanol–water partition coefficient (Wildman–Crippen LogP) is 4.38. The van der Waals surface area contributed by atoms with Crippen molar-refractivity contribution in [1.29, 1.82) is 0 Å². The lowest BCUT2D eigenvalue weighted by Crippen LogP contribution is -1.97. The standard InChI is InChI=1S/C14H13BrClNO/c1-18-14-3-2-11(9-12(14)15)13(16)8-10-4-6-17-7-5-10/h2-7,9,13H,8H2,1H3. The minimum atomic E-state index is -0.0605. The van der Waals surface area contributed by atoms with Crippen LogP contribution in [0.5, 0.6) is 5.75 Å². The van der Waals surface area contributed by atoms with E-state index in [1.54, 1.807) is 19.5 Å². The second-order valence-electron chi connectivity index (χ2n) is 3.92. The average Bonchev–Trinajstić information content (AvgIpc) is 2.39. The summed E-state index contributed by atoms with van der Waals surface area (Å²) in [6, 6.07) is 9.86. The Balaban J connectivity index is 2.14. The number of aromatic nitrogens is 1. The number of rotatable bonds is 4. The van der Waals surface area contributed by atoms with Gasteiger partial charge in [0.15, 0.2) is 0 Å². The normalized spacial score (nSPS) is 12.2. The first kappa shape index (κ1) is 13.4. The van der Waals surface area contributed by atoms with Gasteiger partial charge in [-0.05, 0) is 57.7 Å². The first-order valence-electron chi connectivity index (χ1n) is 5.57. The van der Waals surface area contributed by atoms with Crippen molar-refractivity contribution in [3.8, 4) is 5.75 Å². The SMILES string of the molecule is COc1ccc(C(Cl)Cc2ccncc2)cc1Br. The summed E-state index contributed by atoms with van der Waals surface area (Å²) >= 11 is 9.89. The van der Waals surface area contributed by atoms with E-state index in [0.29, 0.717) is 0 Å². The van der Waals surface area contributed by atoms with Crippen LogP contribution in [-0.4, -0.2) is 12.1 Å². The van der Waals surface area contributed by atoms with Gasteiger partial charge in [0.1, 0.15) is 5.75 Å². The molecule has 0 aliphatic rings. The van der Waals surface area contributed by atoms with Gasteiger partial charge in [-0.3, -0.25) is 4.98 Å². The lowest BCUT2D eigenvalue weighted by molar-refractivity contribution is 0.412. The third kappa shape index (κ3) is 3.24. The number of benzene rings is 1. The molecule has 2 rings (SSSR count). The molecule has 0 spiro atoms. The molecular formula is C14H13BrClNO. The van der Waals surface area contributed by atoms with Gasteiger partial charge < -0.3 is 4.74 Å². The third-order valence-corrected chi connectivity index (χ3v) is 3.73. The van der Waals surface area contributed by atoms with Crippen LogP contribution in [-0.2, 0) is 6.42 Å². The lowest BCUT2D eigenvalue weighted by atomic mass is 10.0. The first-order valence-corrected chi connectivity index (χ1v) is 6.80. The van der Waals surface area contributed by atoms with Crippen LogP contribution in [0.3, 0.4) is 0 Å². The van der Waals surface area contributed by atoms with E-state index in [0.717, 1.165) is 22.2 Å². The van der Waals surface area contributed by atoms with Gasteiger partial charge >= 0.3 is 0 Å². The molecule has 0 bridgehead atoms. The number of hydrogen-bond acceptors (Lipinski definition) is 2. The molecule has 18 heavy (non-hydrogen) atoms. The van der Waals surface area contributed by atoms with Gasteiger partial charge in [-0.15, -0.1) is 11.6 Å². The predicted molar refractivity (Wildman–Crippen MR) is 77.2 cm³/mol. The van der Waals surface area contributed by atoms with Crippen molar-refractivity contribution in [3.05, 3.63) is 58.3 Å². The van der Waals surface area contributed by atoms with Crippen LogP contribution in [0.4, 0.5) is 0 Å². The molecule has 1 aromatic heterocycles. The lowest BCUT2D eigenvalue weighted by Gasteiger charge is -2.12. The van der Waals surface area contributed by atoms with Gasteiger partial charge in [0, 0.05) is 12.4 Å². The summed E-state index contributed by atoms with van der Waals surface area (Å²) in [5, 5.41) is -0.0605. The van der Waals surface area contributed by atoms with Crippen molar-refractivity contribution in [1.82, 2.24) is 4.98 Å². The molecule has 94 valence electrons. The molecule has 2 aromatic rings. The first-order chi connectivity index (χ1) is 8.70. The van der Waals surface area contributed by atoms with Crippen LogP contribution in [0.2, 0.25) is 0 Å². The number of alkyl halides is 1. The third-order valence-electron chi connectivity index (χ3n) is 2.70. The summed E-state index contributed by atoms with van der Waals surface area (Å²) in [5.41, 5.74) is 2.25. The molecule has 1 unspecified atom stereocenters. The summed E-state index contributed by atoms with van der Waals surface area (Å²) in [5.74, 6) is 0.812. The van der Waals surface area contributed by atoms with Gasteiger partial charge in [-0.2, -0.15) is 0 Å². The maximum atomic E-state index is 6.43. The Bertz CT molecular complexity index is 518. The van der Waals surface area contributed by atoms with E-state index in [-0.39, 0.29) is 5.38 Å². The average molecular weight is 327 g/mol.